The van der Waals surface area contributed by atoms with Gasteiger partial charge in [0.1, 0.15) is 12.2 Å². The van der Waals surface area contributed by atoms with Gasteiger partial charge in [-0.25, -0.2) is 0 Å². The smallest absolute Gasteiger partial charge is 0.307 e. The molecule has 2 unspecified atom stereocenters. The van der Waals surface area contributed by atoms with Crippen molar-refractivity contribution in [1.82, 2.24) is 14.8 Å². The van der Waals surface area contributed by atoms with Crippen LogP contribution < -0.4 is 0 Å². The number of allylic oxidation sites excluding steroid dienone is 2. The van der Waals surface area contributed by atoms with Gasteiger partial charge in [0.05, 0.1) is 5.92 Å². The predicted molar refractivity (Wildman–Crippen MR) is 73.6 cm³/mol. The summed E-state index contributed by atoms with van der Waals surface area (Å²) in [7, 11) is 0. The first kappa shape index (κ1) is 12.6. The molecule has 0 saturated heterocycles. The van der Waals surface area contributed by atoms with Gasteiger partial charge in [0.15, 0.2) is 0 Å². The van der Waals surface area contributed by atoms with Gasteiger partial charge in [-0.1, -0.05) is 30.4 Å². The van der Waals surface area contributed by atoms with Gasteiger partial charge in [-0.15, -0.1) is 10.2 Å². The first-order chi connectivity index (χ1) is 9.77. The second-order valence-corrected chi connectivity index (χ2v) is 4.89. The van der Waals surface area contributed by atoms with Crippen molar-refractivity contribution in [2.75, 3.05) is 0 Å². The lowest BCUT2D eigenvalue weighted by molar-refractivity contribution is -0.142. The second kappa shape index (κ2) is 5.28. The van der Waals surface area contributed by atoms with E-state index in [4.69, 9.17) is 0 Å². The number of carbonyl (C=O) groups is 1. The van der Waals surface area contributed by atoms with E-state index in [0.29, 0.717) is 18.7 Å². The Balaban J connectivity index is 2.01. The summed E-state index contributed by atoms with van der Waals surface area (Å²) in [6.45, 7) is 0. The summed E-state index contributed by atoms with van der Waals surface area (Å²) in [5.74, 6) is -0.637. The molecule has 5 heteroatoms. The van der Waals surface area contributed by atoms with Gasteiger partial charge >= 0.3 is 5.97 Å². The largest absolute Gasteiger partial charge is 0.481 e. The van der Waals surface area contributed by atoms with Crippen LogP contribution in [0.5, 0.6) is 0 Å². The van der Waals surface area contributed by atoms with E-state index in [1.54, 1.807) is 6.33 Å². The predicted octanol–water partition coefficient (Wildman–Crippen LogP) is 2.40. The molecule has 0 saturated carbocycles. The molecule has 1 heterocycles. The molecule has 3 rings (SSSR count). The van der Waals surface area contributed by atoms with Crippen molar-refractivity contribution in [1.29, 1.82) is 0 Å². The van der Waals surface area contributed by atoms with Gasteiger partial charge in [0, 0.05) is 11.6 Å². The zero-order chi connectivity index (χ0) is 13.9. The summed E-state index contributed by atoms with van der Waals surface area (Å²) in [6, 6.07) is 9.74. The maximum atomic E-state index is 11.4. The van der Waals surface area contributed by atoms with E-state index in [0.717, 1.165) is 5.69 Å². The minimum atomic E-state index is -0.776. The zero-order valence-corrected chi connectivity index (χ0v) is 10.9. The highest BCUT2D eigenvalue weighted by Crippen LogP contribution is 2.34. The molecule has 1 aromatic carbocycles. The van der Waals surface area contributed by atoms with Crippen LogP contribution in [0.4, 0.5) is 0 Å². The van der Waals surface area contributed by atoms with Gasteiger partial charge in [0.25, 0.3) is 0 Å². The summed E-state index contributed by atoms with van der Waals surface area (Å²) in [5.41, 5.74) is 0.950. The summed E-state index contributed by atoms with van der Waals surface area (Å²) >= 11 is 0. The molecule has 102 valence electrons. The Morgan fingerprint density at radius 2 is 1.95 bits per heavy atom. The minimum Gasteiger partial charge on any atom is -0.481 e. The average molecular weight is 269 g/mol. The van der Waals surface area contributed by atoms with Crippen molar-refractivity contribution in [3.8, 4) is 5.69 Å². The van der Waals surface area contributed by atoms with Crippen molar-refractivity contribution in [3.05, 3.63) is 54.6 Å². The molecule has 0 amide bonds. The Labute approximate surface area is 116 Å². The fourth-order valence-electron chi connectivity index (χ4n) is 2.66. The van der Waals surface area contributed by atoms with Crippen LogP contribution in [-0.4, -0.2) is 25.8 Å². The van der Waals surface area contributed by atoms with Crippen LogP contribution in [0.3, 0.4) is 0 Å². The quantitative estimate of drug-likeness (QED) is 0.869. The minimum absolute atomic E-state index is 0.139. The van der Waals surface area contributed by atoms with Gasteiger partial charge < -0.3 is 5.11 Å². The maximum absolute atomic E-state index is 11.4. The summed E-state index contributed by atoms with van der Waals surface area (Å²) in [5, 5.41) is 17.5. The van der Waals surface area contributed by atoms with Gasteiger partial charge in [-0.05, 0) is 25.0 Å². The Bertz CT molecular complexity index is 634. The number of hydrogen-bond acceptors (Lipinski definition) is 3. The van der Waals surface area contributed by atoms with Crippen molar-refractivity contribution in [3.63, 3.8) is 0 Å². The molecule has 1 aliphatic rings. The highest BCUT2D eigenvalue weighted by Gasteiger charge is 2.33. The van der Waals surface area contributed by atoms with Crippen LogP contribution >= 0.6 is 0 Å². The van der Waals surface area contributed by atoms with Crippen molar-refractivity contribution < 1.29 is 9.90 Å². The SMILES string of the molecule is O=C(O)C1CC=CCC1c1nncn1-c1ccccc1. The molecular weight excluding hydrogens is 254 g/mol. The van der Waals surface area contributed by atoms with Crippen LogP contribution in [0.25, 0.3) is 5.69 Å². The molecule has 1 aliphatic carbocycles. The lowest BCUT2D eigenvalue weighted by atomic mass is 9.82. The normalized spacial score (nSPS) is 21.8. The van der Waals surface area contributed by atoms with E-state index in [1.807, 2.05) is 47.1 Å². The molecule has 1 aromatic heterocycles. The number of aromatic nitrogens is 3. The Hall–Kier alpha value is -2.43. The van der Waals surface area contributed by atoms with Gasteiger partial charge in [-0.2, -0.15) is 0 Å². The highest BCUT2D eigenvalue weighted by molar-refractivity contribution is 5.71. The van der Waals surface area contributed by atoms with Crippen molar-refractivity contribution in [2.24, 2.45) is 5.92 Å². The lowest BCUT2D eigenvalue weighted by Crippen LogP contribution is -2.25. The maximum Gasteiger partial charge on any atom is 0.307 e. The highest BCUT2D eigenvalue weighted by atomic mass is 16.4. The summed E-state index contributed by atoms with van der Waals surface area (Å²) < 4.78 is 1.87. The number of nitrogens with zero attached hydrogens (tertiary/aromatic N) is 3. The third kappa shape index (κ3) is 2.22. The molecule has 0 radical (unpaired) electrons. The Morgan fingerprint density at radius 1 is 1.20 bits per heavy atom. The van der Waals surface area contributed by atoms with E-state index in [2.05, 4.69) is 10.2 Å². The van der Waals surface area contributed by atoms with E-state index in [9.17, 15) is 9.90 Å². The third-order valence-corrected chi connectivity index (χ3v) is 3.69. The third-order valence-electron chi connectivity index (χ3n) is 3.69. The standard InChI is InChI=1S/C15H15N3O2/c19-15(20)13-9-5-4-8-12(13)14-17-16-10-18(14)11-6-2-1-3-7-11/h1-7,10,12-13H,8-9H2,(H,19,20). The number of para-hydroxylation sites is 1. The molecule has 5 nitrogen and oxygen atoms in total. The number of carboxylic acids is 1. The number of aliphatic carboxylic acids is 1. The first-order valence-corrected chi connectivity index (χ1v) is 6.60. The Kier molecular flexibility index (Phi) is 3.33. The van der Waals surface area contributed by atoms with Crippen LogP contribution in [0.15, 0.2) is 48.8 Å². The molecular formula is C15H15N3O2. The monoisotopic (exact) mass is 269 g/mol. The van der Waals surface area contributed by atoms with Crippen LogP contribution in [0, 0.1) is 5.92 Å². The van der Waals surface area contributed by atoms with E-state index >= 15 is 0 Å². The Morgan fingerprint density at radius 3 is 2.70 bits per heavy atom. The van der Waals surface area contributed by atoms with Crippen LogP contribution in [0.2, 0.25) is 0 Å². The van der Waals surface area contributed by atoms with Gasteiger partial charge in [-0.3, -0.25) is 9.36 Å². The fourth-order valence-corrected chi connectivity index (χ4v) is 2.66. The van der Waals surface area contributed by atoms with E-state index in [1.165, 1.54) is 0 Å². The van der Waals surface area contributed by atoms with Crippen molar-refractivity contribution >= 4 is 5.97 Å². The first-order valence-electron chi connectivity index (χ1n) is 6.60. The zero-order valence-electron chi connectivity index (χ0n) is 10.9. The average Bonchev–Trinajstić information content (AvgIpc) is 2.97. The van der Waals surface area contributed by atoms with Crippen LogP contribution in [0.1, 0.15) is 24.6 Å². The molecule has 0 aliphatic heterocycles. The molecule has 0 fully saturated rings. The molecule has 1 N–H and O–H groups in total. The summed E-state index contributed by atoms with van der Waals surface area (Å²) in [6.07, 6.45) is 6.82. The molecule has 0 bridgehead atoms. The topological polar surface area (TPSA) is 68.0 Å². The number of rotatable bonds is 3. The van der Waals surface area contributed by atoms with Crippen molar-refractivity contribution in [2.45, 2.75) is 18.8 Å². The summed E-state index contributed by atoms with van der Waals surface area (Å²) in [4.78, 5) is 11.4. The second-order valence-electron chi connectivity index (χ2n) is 4.89. The van der Waals surface area contributed by atoms with Crippen LogP contribution in [-0.2, 0) is 4.79 Å². The number of hydrogen-bond donors (Lipinski definition) is 1. The molecule has 2 aromatic rings. The fraction of sp³-hybridized carbons (Fsp3) is 0.267. The number of benzene rings is 1. The molecule has 2 atom stereocenters. The molecule has 20 heavy (non-hydrogen) atoms. The lowest BCUT2D eigenvalue weighted by Gasteiger charge is -2.24. The van der Waals surface area contributed by atoms with E-state index in [-0.39, 0.29) is 5.92 Å². The van der Waals surface area contributed by atoms with E-state index < -0.39 is 11.9 Å². The molecule has 0 spiro atoms. The van der Waals surface area contributed by atoms with Gasteiger partial charge in [0.2, 0.25) is 0 Å². The number of carboxylic acid groups (broad SMARTS) is 1.